The lowest BCUT2D eigenvalue weighted by Gasteiger charge is -2.11. The number of benzene rings is 2. The number of ether oxygens (including phenoxy) is 1. The standard InChI is InChI=1S/C18H14N2O4/c1-10-11-5-2-3-6-13(11)17(20(10)18(22)23)24-15-8-4-7-12-14(15)9-19-16(12)21/h2-8H,9H2,1H3,(H,19,21)(H,22,23). The highest BCUT2D eigenvalue weighted by Crippen LogP contribution is 2.37. The summed E-state index contributed by atoms with van der Waals surface area (Å²) in [4.78, 5) is 23.5. The summed E-state index contributed by atoms with van der Waals surface area (Å²) in [5, 5.41) is 13.9. The molecule has 0 fully saturated rings. The molecule has 120 valence electrons. The molecule has 0 saturated heterocycles. The van der Waals surface area contributed by atoms with E-state index in [1.807, 2.05) is 24.3 Å². The van der Waals surface area contributed by atoms with Gasteiger partial charge in [0.1, 0.15) is 5.75 Å². The second-order valence-corrected chi connectivity index (χ2v) is 5.62. The van der Waals surface area contributed by atoms with Crippen molar-refractivity contribution in [3.05, 3.63) is 59.3 Å². The number of hydrogen-bond acceptors (Lipinski definition) is 3. The Labute approximate surface area is 137 Å². The van der Waals surface area contributed by atoms with Crippen molar-refractivity contribution in [3.8, 4) is 11.6 Å². The third-order valence-corrected chi connectivity index (χ3v) is 4.29. The molecular formula is C18H14N2O4. The molecule has 2 heterocycles. The maximum Gasteiger partial charge on any atom is 0.418 e. The zero-order valence-electron chi connectivity index (χ0n) is 12.9. The van der Waals surface area contributed by atoms with Crippen LogP contribution in [-0.4, -0.2) is 21.7 Å². The fourth-order valence-electron chi connectivity index (χ4n) is 3.13. The number of aryl methyl sites for hydroxylation is 1. The third-order valence-electron chi connectivity index (χ3n) is 4.29. The molecule has 6 nitrogen and oxygen atoms in total. The highest BCUT2D eigenvalue weighted by atomic mass is 16.5. The van der Waals surface area contributed by atoms with Crippen molar-refractivity contribution in [2.24, 2.45) is 0 Å². The molecule has 0 atom stereocenters. The minimum Gasteiger partial charge on any atom is -0.464 e. The molecule has 6 heteroatoms. The van der Waals surface area contributed by atoms with E-state index in [0.29, 0.717) is 28.9 Å². The van der Waals surface area contributed by atoms with Crippen molar-refractivity contribution in [2.45, 2.75) is 13.5 Å². The van der Waals surface area contributed by atoms with E-state index >= 15 is 0 Å². The van der Waals surface area contributed by atoms with E-state index in [0.717, 1.165) is 15.5 Å². The maximum atomic E-state index is 11.8. The Kier molecular flexibility index (Phi) is 3.06. The van der Waals surface area contributed by atoms with Crippen LogP contribution in [-0.2, 0) is 6.54 Å². The largest absolute Gasteiger partial charge is 0.464 e. The lowest BCUT2D eigenvalue weighted by molar-refractivity contribution is 0.0965. The topological polar surface area (TPSA) is 80.6 Å². The summed E-state index contributed by atoms with van der Waals surface area (Å²) in [6.07, 6.45) is -1.11. The fourth-order valence-corrected chi connectivity index (χ4v) is 3.13. The number of rotatable bonds is 2. The van der Waals surface area contributed by atoms with Crippen LogP contribution in [0.15, 0.2) is 42.5 Å². The molecule has 24 heavy (non-hydrogen) atoms. The number of amides is 1. The van der Waals surface area contributed by atoms with Crippen molar-refractivity contribution in [2.75, 3.05) is 0 Å². The number of carboxylic acid groups (broad SMARTS) is 1. The summed E-state index contributed by atoms with van der Waals surface area (Å²) in [5.74, 6) is 0.574. The average molecular weight is 322 g/mol. The van der Waals surface area contributed by atoms with Gasteiger partial charge in [-0.2, -0.15) is 0 Å². The monoisotopic (exact) mass is 322 g/mol. The summed E-state index contributed by atoms with van der Waals surface area (Å²) in [5.41, 5.74) is 1.89. The van der Waals surface area contributed by atoms with Crippen molar-refractivity contribution >= 4 is 22.8 Å². The number of nitrogens with one attached hydrogen (secondary N) is 1. The zero-order chi connectivity index (χ0) is 16.8. The van der Waals surface area contributed by atoms with Crippen LogP contribution in [0.4, 0.5) is 4.79 Å². The van der Waals surface area contributed by atoms with E-state index < -0.39 is 6.09 Å². The van der Waals surface area contributed by atoms with Crippen LogP contribution in [0.2, 0.25) is 0 Å². The van der Waals surface area contributed by atoms with Gasteiger partial charge in [-0.3, -0.25) is 4.79 Å². The summed E-state index contributed by atoms with van der Waals surface area (Å²) < 4.78 is 7.12. The second kappa shape index (κ2) is 5.13. The molecule has 3 aromatic rings. The maximum absolute atomic E-state index is 11.8. The summed E-state index contributed by atoms with van der Waals surface area (Å²) in [7, 11) is 0. The van der Waals surface area contributed by atoms with Gasteiger partial charge in [0.05, 0.1) is 0 Å². The first-order valence-electron chi connectivity index (χ1n) is 7.49. The van der Waals surface area contributed by atoms with E-state index in [1.54, 1.807) is 25.1 Å². The minimum absolute atomic E-state index is 0.148. The Hall–Kier alpha value is -3.28. The Balaban J connectivity index is 1.91. The number of carbonyl (C=O) groups is 2. The minimum atomic E-state index is -1.11. The van der Waals surface area contributed by atoms with Gasteiger partial charge in [-0.25, -0.2) is 9.36 Å². The first-order valence-corrected chi connectivity index (χ1v) is 7.49. The van der Waals surface area contributed by atoms with E-state index in [2.05, 4.69) is 5.32 Å². The van der Waals surface area contributed by atoms with Gasteiger partial charge in [-0.05, 0) is 25.1 Å². The number of carbonyl (C=O) groups excluding carboxylic acids is 1. The van der Waals surface area contributed by atoms with Crippen molar-refractivity contribution in [1.82, 2.24) is 9.88 Å². The van der Waals surface area contributed by atoms with Crippen LogP contribution in [0.1, 0.15) is 21.6 Å². The molecule has 0 spiro atoms. The second-order valence-electron chi connectivity index (χ2n) is 5.62. The number of fused-ring (bicyclic) bond motifs is 2. The Morgan fingerprint density at radius 1 is 1.17 bits per heavy atom. The van der Waals surface area contributed by atoms with Crippen LogP contribution in [0.25, 0.3) is 10.8 Å². The van der Waals surface area contributed by atoms with E-state index in [4.69, 9.17) is 4.74 Å². The lowest BCUT2D eigenvalue weighted by Crippen LogP contribution is -2.12. The van der Waals surface area contributed by atoms with Gasteiger partial charge in [0.15, 0.2) is 0 Å². The highest BCUT2D eigenvalue weighted by molar-refractivity contribution is 5.99. The molecule has 1 aromatic heterocycles. The van der Waals surface area contributed by atoms with E-state index in [-0.39, 0.29) is 11.8 Å². The Morgan fingerprint density at radius 2 is 1.92 bits per heavy atom. The predicted molar refractivity (Wildman–Crippen MR) is 87.8 cm³/mol. The smallest absolute Gasteiger partial charge is 0.418 e. The van der Waals surface area contributed by atoms with Crippen LogP contribution in [0.5, 0.6) is 11.6 Å². The number of nitrogens with zero attached hydrogens (tertiary/aromatic N) is 1. The molecule has 2 N–H and O–H groups in total. The summed E-state index contributed by atoms with van der Waals surface area (Å²) in [6, 6.07) is 12.6. The molecule has 4 rings (SSSR count). The molecular weight excluding hydrogens is 308 g/mol. The molecule has 0 unspecified atom stereocenters. The van der Waals surface area contributed by atoms with Crippen LogP contribution in [0.3, 0.4) is 0 Å². The predicted octanol–water partition coefficient (Wildman–Crippen LogP) is 3.51. The molecule has 1 amide bonds. The number of aromatic nitrogens is 1. The molecule has 0 saturated carbocycles. The van der Waals surface area contributed by atoms with Crippen LogP contribution >= 0.6 is 0 Å². The van der Waals surface area contributed by atoms with Crippen molar-refractivity contribution in [1.29, 1.82) is 0 Å². The van der Waals surface area contributed by atoms with E-state index in [1.165, 1.54) is 0 Å². The fraction of sp³-hybridized carbons (Fsp3) is 0.111. The van der Waals surface area contributed by atoms with Gasteiger partial charge in [0.2, 0.25) is 5.88 Å². The molecule has 0 aliphatic carbocycles. The summed E-state index contributed by atoms with van der Waals surface area (Å²) >= 11 is 0. The van der Waals surface area contributed by atoms with Crippen molar-refractivity contribution in [3.63, 3.8) is 0 Å². The Morgan fingerprint density at radius 3 is 2.67 bits per heavy atom. The number of hydrogen-bond donors (Lipinski definition) is 2. The molecule has 0 radical (unpaired) electrons. The van der Waals surface area contributed by atoms with Gasteiger partial charge in [0, 0.05) is 34.1 Å². The SMILES string of the molecule is Cc1c2ccccc2c(Oc2cccc3c2CNC3=O)n1C(=O)O. The normalized spacial score (nSPS) is 13.0. The lowest BCUT2D eigenvalue weighted by atomic mass is 10.1. The molecule has 1 aliphatic heterocycles. The third kappa shape index (κ3) is 1.96. The Bertz CT molecular complexity index is 1000. The van der Waals surface area contributed by atoms with Gasteiger partial charge >= 0.3 is 6.09 Å². The first kappa shape index (κ1) is 14.3. The molecule has 0 bridgehead atoms. The summed E-state index contributed by atoms with van der Waals surface area (Å²) in [6.45, 7) is 2.11. The highest BCUT2D eigenvalue weighted by Gasteiger charge is 2.25. The van der Waals surface area contributed by atoms with Gasteiger partial charge in [-0.1, -0.05) is 24.3 Å². The zero-order valence-corrected chi connectivity index (χ0v) is 12.9. The van der Waals surface area contributed by atoms with Crippen molar-refractivity contribution < 1.29 is 19.4 Å². The quantitative estimate of drug-likeness (QED) is 0.756. The van der Waals surface area contributed by atoms with Crippen LogP contribution in [0, 0.1) is 6.92 Å². The first-order chi connectivity index (χ1) is 11.6. The average Bonchev–Trinajstić information content (AvgIpc) is 3.08. The molecule has 1 aliphatic rings. The van der Waals surface area contributed by atoms with Crippen LogP contribution < -0.4 is 10.1 Å². The van der Waals surface area contributed by atoms with Gasteiger partial charge in [0.25, 0.3) is 5.91 Å². The molecule has 2 aromatic carbocycles. The van der Waals surface area contributed by atoms with Gasteiger partial charge < -0.3 is 15.2 Å². The van der Waals surface area contributed by atoms with E-state index in [9.17, 15) is 14.7 Å². The van der Waals surface area contributed by atoms with Gasteiger partial charge in [-0.15, -0.1) is 0 Å².